The number of nitrogens with one attached hydrogen (secondary N) is 1. The molecule has 4 aromatic rings. The van der Waals surface area contributed by atoms with Gasteiger partial charge in [0, 0.05) is 32.0 Å². The maximum atomic E-state index is 13.2. The van der Waals surface area contributed by atoms with Crippen LogP contribution >= 0.6 is 0 Å². The van der Waals surface area contributed by atoms with E-state index in [1.54, 1.807) is 11.6 Å². The number of hydrogen-bond donors (Lipinski definition) is 1. The van der Waals surface area contributed by atoms with Gasteiger partial charge < -0.3 is 4.57 Å². The molecule has 0 aliphatic carbocycles. The van der Waals surface area contributed by atoms with Crippen LogP contribution in [0.2, 0.25) is 0 Å². The SMILES string of the molecule is Cn1cc(S(=O)(=O)N2CCCCC2)cc1C(=O)Nc1nc2ccccc2n1-c1ccccc1. The van der Waals surface area contributed by atoms with E-state index in [-0.39, 0.29) is 10.6 Å². The number of aryl methyl sites for hydroxylation is 1. The Labute approximate surface area is 192 Å². The molecule has 1 aliphatic rings. The number of carbonyl (C=O) groups is 1. The Morgan fingerprint density at radius 1 is 0.970 bits per heavy atom. The van der Waals surface area contributed by atoms with Gasteiger partial charge in [-0.25, -0.2) is 13.4 Å². The van der Waals surface area contributed by atoms with Crippen molar-refractivity contribution in [2.45, 2.75) is 24.2 Å². The summed E-state index contributed by atoms with van der Waals surface area (Å²) in [5.41, 5.74) is 2.72. The summed E-state index contributed by atoms with van der Waals surface area (Å²) in [6, 6.07) is 18.7. The molecular weight excluding hydrogens is 438 g/mol. The van der Waals surface area contributed by atoms with Crippen molar-refractivity contribution in [3.05, 3.63) is 72.6 Å². The number of amides is 1. The lowest BCUT2D eigenvalue weighted by Gasteiger charge is -2.25. The molecule has 33 heavy (non-hydrogen) atoms. The van der Waals surface area contributed by atoms with Crippen molar-refractivity contribution in [3.8, 4) is 5.69 Å². The van der Waals surface area contributed by atoms with Gasteiger partial charge in [0.1, 0.15) is 10.6 Å². The monoisotopic (exact) mass is 463 g/mol. The van der Waals surface area contributed by atoms with Gasteiger partial charge in [-0.2, -0.15) is 4.31 Å². The molecule has 0 atom stereocenters. The predicted octanol–water partition coefficient (Wildman–Crippen LogP) is 3.79. The lowest BCUT2D eigenvalue weighted by atomic mass is 10.2. The fraction of sp³-hybridized carbons (Fsp3) is 0.250. The van der Waals surface area contributed by atoms with Crippen molar-refractivity contribution >= 4 is 32.9 Å². The van der Waals surface area contributed by atoms with Gasteiger partial charge in [-0.15, -0.1) is 0 Å². The van der Waals surface area contributed by atoms with Crippen LogP contribution in [0.25, 0.3) is 16.7 Å². The molecule has 0 bridgehead atoms. The average Bonchev–Trinajstić information content (AvgIpc) is 3.41. The molecule has 1 fully saturated rings. The fourth-order valence-corrected chi connectivity index (χ4v) is 5.86. The molecular formula is C24H25N5O3S. The highest BCUT2D eigenvalue weighted by molar-refractivity contribution is 7.89. The third kappa shape index (κ3) is 3.94. The molecule has 170 valence electrons. The van der Waals surface area contributed by atoms with Crippen molar-refractivity contribution in [3.63, 3.8) is 0 Å². The number of fused-ring (bicyclic) bond motifs is 1. The first-order valence-corrected chi connectivity index (χ1v) is 12.4. The highest BCUT2D eigenvalue weighted by atomic mass is 32.2. The first-order chi connectivity index (χ1) is 15.9. The van der Waals surface area contributed by atoms with Gasteiger partial charge >= 0.3 is 0 Å². The van der Waals surface area contributed by atoms with E-state index in [1.807, 2.05) is 59.2 Å². The Morgan fingerprint density at radius 3 is 2.42 bits per heavy atom. The summed E-state index contributed by atoms with van der Waals surface area (Å²) in [7, 11) is -1.96. The van der Waals surface area contributed by atoms with Gasteiger partial charge in [0.25, 0.3) is 5.91 Å². The first-order valence-electron chi connectivity index (χ1n) is 11.0. The van der Waals surface area contributed by atoms with Crippen LogP contribution in [0.4, 0.5) is 5.95 Å². The van der Waals surface area contributed by atoms with Gasteiger partial charge in [0.2, 0.25) is 16.0 Å². The molecule has 1 N–H and O–H groups in total. The first kappa shape index (κ1) is 21.4. The number of rotatable bonds is 5. The maximum absolute atomic E-state index is 13.2. The number of aromatic nitrogens is 3. The Balaban J connectivity index is 1.49. The second kappa shape index (κ2) is 8.49. The van der Waals surface area contributed by atoms with Crippen LogP contribution in [0, 0.1) is 0 Å². The van der Waals surface area contributed by atoms with Crippen LogP contribution in [0.15, 0.2) is 71.8 Å². The van der Waals surface area contributed by atoms with E-state index in [9.17, 15) is 13.2 Å². The zero-order chi connectivity index (χ0) is 23.0. The van der Waals surface area contributed by atoms with Gasteiger partial charge in [0.05, 0.1) is 11.0 Å². The molecule has 5 rings (SSSR count). The molecule has 3 heterocycles. The van der Waals surface area contributed by atoms with Crippen LogP contribution in [0.5, 0.6) is 0 Å². The zero-order valence-electron chi connectivity index (χ0n) is 18.3. The molecule has 2 aromatic carbocycles. The van der Waals surface area contributed by atoms with E-state index in [4.69, 9.17) is 0 Å². The molecule has 0 radical (unpaired) electrons. The van der Waals surface area contributed by atoms with E-state index in [0.29, 0.717) is 19.0 Å². The third-order valence-electron chi connectivity index (χ3n) is 5.97. The van der Waals surface area contributed by atoms with Crippen LogP contribution < -0.4 is 5.32 Å². The summed E-state index contributed by atoms with van der Waals surface area (Å²) in [6.07, 6.45) is 4.25. The topological polar surface area (TPSA) is 89.2 Å². The number of hydrogen-bond acceptors (Lipinski definition) is 4. The number of sulfonamides is 1. The molecule has 0 spiro atoms. The summed E-state index contributed by atoms with van der Waals surface area (Å²) < 4.78 is 31.0. The number of para-hydroxylation sites is 3. The summed E-state index contributed by atoms with van der Waals surface area (Å²) in [6.45, 7) is 1.03. The standard InChI is InChI=1S/C24H25N5O3S/c1-27-17-19(33(31,32)28-14-8-3-9-15-28)16-22(27)23(30)26-24-25-20-12-6-7-13-21(20)29(24)18-10-4-2-5-11-18/h2,4-7,10-13,16-17H,3,8-9,14-15H2,1H3,(H,25,26,30). The maximum Gasteiger partial charge on any atom is 0.274 e. The second-order valence-corrected chi connectivity index (χ2v) is 10.1. The number of nitrogens with zero attached hydrogens (tertiary/aromatic N) is 4. The molecule has 0 unspecified atom stereocenters. The summed E-state index contributed by atoms with van der Waals surface area (Å²) >= 11 is 0. The smallest absolute Gasteiger partial charge is 0.274 e. The highest BCUT2D eigenvalue weighted by Gasteiger charge is 2.29. The summed E-state index contributed by atoms with van der Waals surface area (Å²) in [5, 5.41) is 2.88. The Bertz CT molecular complexity index is 1420. The number of piperidine rings is 1. The Kier molecular flexibility index (Phi) is 5.51. The molecule has 1 aliphatic heterocycles. The Hall–Kier alpha value is -3.43. The fourth-order valence-electron chi connectivity index (χ4n) is 4.27. The van der Waals surface area contributed by atoms with Gasteiger partial charge in [-0.3, -0.25) is 14.7 Å². The Morgan fingerprint density at radius 2 is 1.67 bits per heavy atom. The molecule has 8 nitrogen and oxygen atoms in total. The minimum atomic E-state index is -3.63. The predicted molar refractivity (Wildman–Crippen MR) is 127 cm³/mol. The van der Waals surface area contributed by atoms with E-state index in [1.165, 1.54) is 16.6 Å². The zero-order valence-corrected chi connectivity index (χ0v) is 19.1. The van der Waals surface area contributed by atoms with Crippen LogP contribution in [0.1, 0.15) is 29.8 Å². The quantitative estimate of drug-likeness (QED) is 0.488. The average molecular weight is 464 g/mol. The summed E-state index contributed by atoms with van der Waals surface area (Å²) in [5.74, 6) is -0.0564. The lowest BCUT2D eigenvalue weighted by molar-refractivity contribution is 0.101. The number of carbonyl (C=O) groups excluding carboxylic acids is 1. The van der Waals surface area contributed by atoms with E-state index in [0.717, 1.165) is 36.0 Å². The van der Waals surface area contributed by atoms with Crippen LogP contribution in [0.3, 0.4) is 0 Å². The van der Waals surface area contributed by atoms with Crippen molar-refractivity contribution in [1.82, 2.24) is 18.4 Å². The highest BCUT2D eigenvalue weighted by Crippen LogP contribution is 2.26. The van der Waals surface area contributed by atoms with Crippen molar-refractivity contribution in [1.29, 1.82) is 0 Å². The number of imidazole rings is 1. The van der Waals surface area contributed by atoms with Crippen LogP contribution in [-0.4, -0.2) is 45.8 Å². The normalized spacial score (nSPS) is 15.1. The van der Waals surface area contributed by atoms with Gasteiger partial charge in [0.15, 0.2) is 0 Å². The van der Waals surface area contributed by atoms with Crippen LogP contribution in [-0.2, 0) is 17.1 Å². The molecule has 1 saturated heterocycles. The van der Waals surface area contributed by atoms with E-state index < -0.39 is 15.9 Å². The van der Waals surface area contributed by atoms with Crippen molar-refractivity contribution in [2.24, 2.45) is 7.05 Å². The second-order valence-electron chi connectivity index (χ2n) is 8.19. The molecule has 0 saturated carbocycles. The molecule has 1 amide bonds. The number of benzene rings is 2. The third-order valence-corrected chi connectivity index (χ3v) is 7.83. The minimum Gasteiger partial charge on any atom is -0.345 e. The number of anilines is 1. The molecule has 9 heteroatoms. The van der Waals surface area contributed by atoms with Gasteiger partial charge in [-0.1, -0.05) is 36.8 Å². The largest absolute Gasteiger partial charge is 0.345 e. The minimum absolute atomic E-state index is 0.133. The molecule has 2 aromatic heterocycles. The summed E-state index contributed by atoms with van der Waals surface area (Å²) in [4.78, 5) is 18.0. The van der Waals surface area contributed by atoms with Crippen molar-refractivity contribution < 1.29 is 13.2 Å². The van der Waals surface area contributed by atoms with Crippen molar-refractivity contribution in [2.75, 3.05) is 18.4 Å². The lowest BCUT2D eigenvalue weighted by Crippen LogP contribution is -2.35. The van der Waals surface area contributed by atoms with E-state index in [2.05, 4.69) is 10.3 Å². The van der Waals surface area contributed by atoms with E-state index >= 15 is 0 Å². The van der Waals surface area contributed by atoms with Gasteiger partial charge in [-0.05, 0) is 43.2 Å².